The zero-order valence-corrected chi connectivity index (χ0v) is 8.78. The molecule has 0 amide bonds. The zero-order chi connectivity index (χ0) is 10.1. The molecule has 2 heterocycles. The highest BCUT2D eigenvalue weighted by Crippen LogP contribution is 2.26. The van der Waals surface area contributed by atoms with Crippen molar-refractivity contribution in [1.29, 1.82) is 0 Å². The Kier molecular flexibility index (Phi) is 2.56. The van der Waals surface area contributed by atoms with Gasteiger partial charge in [0.05, 0.1) is 11.9 Å². The first-order chi connectivity index (χ1) is 6.66. The number of hydrogen-bond donors (Lipinski definition) is 1. The molecule has 1 aliphatic heterocycles. The molecule has 76 valence electrons. The van der Waals surface area contributed by atoms with Crippen molar-refractivity contribution in [1.82, 2.24) is 10.2 Å². The summed E-state index contributed by atoms with van der Waals surface area (Å²) in [6, 6.07) is 2.09. The Bertz CT molecular complexity index is 322. The van der Waals surface area contributed by atoms with Gasteiger partial charge in [-0.2, -0.15) is 5.10 Å². The fourth-order valence-corrected chi connectivity index (χ4v) is 1.72. The third-order valence-electron chi connectivity index (χ3n) is 2.63. The Hall–Kier alpha value is -0.870. The maximum Gasteiger partial charge on any atom is 0.153 e. The Morgan fingerprint density at radius 1 is 1.64 bits per heavy atom. The van der Waals surface area contributed by atoms with Crippen LogP contribution in [0.5, 0.6) is 0 Å². The van der Waals surface area contributed by atoms with Gasteiger partial charge in [0, 0.05) is 31.1 Å². The van der Waals surface area contributed by atoms with E-state index in [0.29, 0.717) is 11.1 Å². The van der Waals surface area contributed by atoms with Crippen LogP contribution in [0.3, 0.4) is 0 Å². The van der Waals surface area contributed by atoms with Gasteiger partial charge in [0.2, 0.25) is 0 Å². The molecular weight excluding hydrogens is 200 g/mol. The first-order valence-corrected chi connectivity index (χ1v) is 5.03. The molecule has 0 spiro atoms. The van der Waals surface area contributed by atoms with Crippen molar-refractivity contribution in [2.24, 2.45) is 11.7 Å². The minimum Gasteiger partial charge on any atom is -0.369 e. The molecular formula is C9H13ClN4. The normalized spacial score (nSPS) is 19.2. The third-order valence-corrected chi connectivity index (χ3v) is 2.81. The summed E-state index contributed by atoms with van der Waals surface area (Å²) in [6.07, 6.45) is 1.73. The van der Waals surface area contributed by atoms with Gasteiger partial charge in [-0.05, 0) is 6.92 Å². The average molecular weight is 213 g/mol. The Morgan fingerprint density at radius 3 is 2.93 bits per heavy atom. The number of hydrogen-bond acceptors (Lipinski definition) is 4. The lowest BCUT2D eigenvalue weighted by atomic mass is 9.93. The van der Waals surface area contributed by atoms with Crippen LogP contribution in [0.15, 0.2) is 12.3 Å². The van der Waals surface area contributed by atoms with Crippen LogP contribution < -0.4 is 10.6 Å². The average Bonchev–Trinajstić information content (AvgIpc) is 2.00. The number of nitrogens with two attached hydrogens (primary N) is 1. The van der Waals surface area contributed by atoms with E-state index in [-0.39, 0.29) is 6.04 Å². The van der Waals surface area contributed by atoms with E-state index in [9.17, 15) is 0 Å². The van der Waals surface area contributed by atoms with E-state index in [1.807, 2.05) is 13.0 Å². The topological polar surface area (TPSA) is 55.0 Å². The van der Waals surface area contributed by atoms with E-state index in [1.54, 1.807) is 6.20 Å². The van der Waals surface area contributed by atoms with Crippen LogP contribution in [0.25, 0.3) is 0 Å². The summed E-state index contributed by atoms with van der Waals surface area (Å²) in [5.74, 6) is 0.585. The van der Waals surface area contributed by atoms with Crippen molar-refractivity contribution in [2.75, 3.05) is 18.0 Å². The van der Waals surface area contributed by atoms with Crippen molar-refractivity contribution in [3.8, 4) is 0 Å². The maximum absolute atomic E-state index is 5.79. The second-order valence-electron chi connectivity index (χ2n) is 3.76. The molecule has 1 unspecified atom stereocenters. The van der Waals surface area contributed by atoms with Crippen molar-refractivity contribution < 1.29 is 0 Å². The molecule has 1 aromatic rings. The van der Waals surface area contributed by atoms with Crippen LogP contribution in [-0.4, -0.2) is 29.3 Å². The van der Waals surface area contributed by atoms with Gasteiger partial charge in [0.25, 0.3) is 0 Å². The number of aromatic nitrogens is 2. The predicted molar refractivity (Wildman–Crippen MR) is 56.4 cm³/mol. The minimum absolute atomic E-state index is 0.261. The summed E-state index contributed by atoms with van der Waals surface area (Å²) in [5.41, 5.74) is 6.82. The molecule has 0 saturated carbocycles. The summed E-state index contributed by atoms with van der Waals surface area (Å²) in [6.45, 7) is 4.01. The summed E-state index contributed by atoms with van der Waals surface area (Å²) in [7, 11) is 0. The summed E-state index contributed by atoms with van der Waals surface area (Å²) in [4.78, 5) is 2.20. The van der Waals surface area contributed by atoms with Crippen LogP contribution in [0.4, 0.5) is 5.69 Å². The standard InChI is InChI=1S/C9H13ClN4/c1-6(11)7-4-14(5-7)8-2-9(10)13-12-3-8/h2-3,6-7H,4-5,11H2,1H3. The summed E-state index contributed by atoms with van der Waals surface area (Å²) < 4.78 is 0. The fraction of sp³-hybridized carbons (Fsp3) is 0.556. The second kappa shape index (κ2) is 3.71. The molecule has 0 aromatic carbocycles. The van der Waals surface area contributed by atoms with Crippen LogP contribution in [0, 0.1) is 5.92 Å². The number of anilines is 1. The first kappa shape index (κ1) is 9.68. The number of halogens is 1. The van der Waals surface area contributed by atoms with Crippen LogP contribution in [0.1, 0.15) is 6.92 Å². The highest BCUT2D eigenvalue weighted by atomic mass is 35.5. The van der Waals surface area contributed by atoms with Gasteiger partial charge >= 0.3 is 0 Å². The maximum atomic E-state index is 5.79. The quantitative estimate of drug-likeness (QED) is 0.792. The molecule has 1 aliphatic rings. The monoisotopic (exact) mass is 212 g/mol. The molecule has 1 atom stereocenters. The van der Waals surface area contributed by atoms with E-state index in [4.69, 9.17) is 17.3 Å². The lowest BCUT2D eigenvalue weighted by Gasteiger charge is -2.42. The predicted octanol–water partition coefficient (Wildman–Crippen LogP) is 0.913. The Labute approximate surface area is 88.1 Å². The van der Waals surface area contributed by atoms with E-state index in [0.717, 1.165) is 18.8 Å². The molecule has 14 heavy (non-hydrogen) atoms. The molecule has 0 radical (unpaired) electrons. The summed E-state index contributed by atoms with van der Waals surface area (Å²) >= 11 is 5.74. The highest BCUT2D eigenvalue weighted by molar-refractivity contribution is 6.29. The highest BCUT2D eigenvalue weighted by Gasteiger charge is 2.29. The third kappa shape index (κ3) is 1.81. The first-order valence-electron chi connectivity index (χ1n) is 4.65. The van der Waals surface area contributed by atoms with Crippen molar-refractivity contribution >= 4 is 17.3 Å². The van der Waals surface area contributed by atoms with E-state index in [1.165, 1.54) is 0 Å². The zero-order valence-electron chi connectivity index (χ0n) is 8.02. The van der Waals surface area contributed by atoms with Crippen LogP contribution in [0.2, 0.25) is 5.15 Å². The molecule has 5 heteroatoms. The van der Waals surface area contributed by atoms with Gasteiger partial charge in [0.1, 0.15) is 0 Å². The molecule has 4 nitrogen and oxygen atoms in total. The summed E-state index contributed by atoms with van der Waals surface area (Å²) in [5, 5.41) is 7.94. The smallest absolute Gasteiger partial charge is 0.153 e. The van der Waals surface area contributed by atoms with Crippen molar-refractivity contribution in [3.63, 3.8) is 0 Å². The van der Waals surface area contributed by atoms with Crippen LogP contribution in [-0.2, 0) is 0 Å². The van der Waals surface area contributed by atoms with E-state index < -0.39 is 0 Å². The number of rotatable bonds is 2. The fourth-order valence-electron chi connectivity index (χ4n) is 1.56. The van der Waals surface area contributed by atoms with Crippen LogP contribution >= 0.6 is 11.6 Å². The van der Waals surface area contributed by atoms with Gasteiger partial charge in [-0.25, -0.2) is 0 Å². The van der Waals surface area contributed by atoms with Crippen molar-refractivity contribution in [3.05, 3.63) is 17.4 Å². The largest absolute Gasteiger partial charge is 0.369 e. The van der Waals surface area contributed by atoms with Gasteiger partial charge in [0.15, 0.2) is 5.15 Å². The van der Waals surface area contributed by atoms with E-state index in [2.05, 4.69) is 15.1 Å². The molecule has 0 bridgehead atoms. The Morgan fingerprint density at radius 2 is 2.36 bits per heavy atom. The lowest BCUT2D eigenvalue weighted by molar-refractivity contribution is 0.354. The van der Waals surface area contributed by atoms with Gasteiger partial charge in [-0.1, -0.05) is 11.6 Å². The molecule has 0 aliphatic carbocycles. The van der Waals surface area contributed by atoms with E-state index >= 15 is 0 Å². The second-order valence-corrected chi connectivity index (χ2v) is 4.15. The molecule has 1 aromatic heterocycles. The van der Waals surface area contributed by atoms with Gasteiger partial charge < -0.3 is 10.6 Å². The van der Waals surface area contributed by atoms with Gasteiger partial charge in [-0.3, -0.25) is 0 Å². The molecule has 1 fully saturated rings. The minimum atomic E-state index is 0.261. The lowest BCUT2D eigenvalue weighted by Crippen LogP contribution is -2.53. The number of nitrogens with zero attached hydrogens (tertiary/aromatic N) is 3. The van der Waals surface area contributed by atoms with Gasteiger partial charge in [-0.15, -0.1) is 5.10 Å². The SMILES string of the molecule is CC(N)C1CN(c2cnnc(Cl)c2)C1. The molecule has 2 N–H and O–H groups in total. The van der Waals surface area contributed by atoms with Crippen molar-refractivity contribution in [2.45, 2.75) is 13.0 Å². The Balaban J connectivity index is 2.00. The molecule has 1 saturated heterocycles. The molecule has 2 rings (SSSR count).